The zero-order chi connectivity index (χ0) is 12.5. The first-order chi connectivity index (χ1) is 8.75. The number of rotatable bonds is 3. The van der Waals surface area contributed by atoms with E-state index in [2.05, 4.69) is 10.2 Å². The van der Waals surface area contributed by atoms with E-state index in [1.165, 1.54) is 18.9 Å². The zero-order valence-electron chi connectivity index (χ0n) is 10.4. The number of benzene rings is 1. The summed E-state index contributed by atoms with van der Waals surface area (Å²) < 4.78 is 14.0. The highest BCUT2D eigenvalue weighted by molar-refractivity contribution is 5.31. The molecule has 1 saturated carbocycles. The third-order valence-corrected chi connectivity index (χ3v) is 3.92. The first kappa shape index (κ1) is 11.9. The lowest BCUT2D eigenvalue weighted by atomic mass is 9.99. The van der Waals surface area contributed by atoms with Gasteiger partial charge in [-0.2, -0.15) is 0 Å². The Bertz CT molecular complexity index is 428. The monoisotopic (exact) mass is 250 g/mol. The van der Waals surface area contributed by atoms with Crippen LogP contribution >= 0.6 is 0 Å². The summed E-state index contributed by atoms with van der Waals surface area (Å²) in [5, 5.41) is 12.6. The van der Waals surface area contributed by atoms with Crippen LogP contribution in [0.5, 0.6) is 5.75 Å². The van der Waals surface area contributed by atoms with E-state index in [1.54, 1.807) is 12.1 Å². The summed E-state index contributed by atoms with van der Waals surface area (Å²) in [6.45, 7) is 3.90. The minimum atomic E-state index is -0.273. The Labute approximate surface area is 107 Å². The lowest BCUT2D eigenvalue weighted by Gasteiger charge is -2.35. The van der Waals surface area contributed by atoms with Gasteiger partial charge >= 0.3 is 0 Å². The zero-order valence-corrected chi connectivity index (χ0v) is 10.4. The summed E-state index contributed by atoms with van der Waals surface area (Å²) >= 11 is 0. The molecule has 1 heterocycles. The van der Waals surface area contributed by atoms with E-state index in [9.17, 15) is 9.50 Å². The molecule has 0 amide bonds. The Morgan fingerprint density at radius 1 is 1.28 bits per heavy atom. The van der Waals surface area contributed by atoms with Gasteiger partial charge < -0.3 is 10.4 Å². The van der Waals surface area contributed by atoms with Crippen LogP contribution in [0.4, 0.5) is 4.39 Å². The van der Waals surface area contributed by atoms with Crippen LogP contribution in [-0.2, 0) is 0 Å². The molecule has 2 fully saturated rings. The molecule has 2 N–H and O–H groups in total. The number of hydrogen-bond acceptors (Lipinski definition) is 3. The van der Waals surface area contributed by atoms with Crippen molar-refractivity contribution in [3.63, 3.8) is 0 Å². The van der Waals surface area contributed by atoms with Gasteiger partial charge in [0.25, 0.3) is 0 Å². The molecule has 1 saturated heterocycles. The second-order valence-electron chi connectivity index (χ2n) is 5.27. The Balaban J connectivity index is 1.88. The number of halogens is 1. The molecule has 98 valence electrons. The first-order valence-electron chi connectivity index (χ1n) is 6.69. The highest BCUT2D eigenvalue weighted by Crippen LogP contribution is 2.45. The van der Waals surface area contributed by atoms with E-state index < -0.39 is 0 Å². The van der Waals surface area contributed by atoms with Crippen molar-refractivity contribution in [1.29, 1.82) is 0 Å². The standard InChI is InChI=1S/C14H19FN2O/c15-13-9-11(18)3-4-12(13)14(10-1-2-10)17-7-5-16-6-8-17/h3-4,9-10,14,16,18H,1-2,5-8H2/t14-/m0/s1. The number of piperazine rings is 1. The van der Waals surface area contributed by atoms with Crippen molar-refractivity contribution in [2.24, 2.45) is 5.92 Å². The Morgan fingerprint density at radius 3 is 2.61 bits per heavy atom. The van der Waals surface area contributed by atoms with Crippen molar-refractivity contribution in [2.75, 3.05) is 26.2 Å². The molecule has 4 heteroatoms. The molecule has 3 rings (SSSR count). The largest absolute Gasteiger partial charge is 0.508 e. The fraction of sp³-hybridized carbons (Fsp3) is 0.571. The number of nitrogens with one attached hydrogen (secondary N) is 1. The first-order valence-corrected chi connectivity index (χ1v) is 6.69. The Morgan fingerprint density at radius 2 is 2.00 bits per heavy atom. The summed E-state index contributed by atoms with van der Waals surface area (Å²) in [6.07, 6.45) is 2.38. The van der Waals surface area contributed by atoms with E-state index in [-0.39, 0.29) is 17.6 Å². The van der Waals surface area contributed by atoms with Crippen molar-refractivity contribution in [1.82, 2.24) is 10.2 Å². The van der Waals surface area contributed by atoms with Crippen molar-refractivity contribution in [2.45, 2.75) is 18.9 Å². The van der Waals surface area contributed by atoms with E-state index in [0.717, 1.165) is 31.7 Å². The average molecular weight is 250 g/mol. The maximum absolute atomic E-state index is 14.0. The maximum Gasteiger partial charge on any atom is 0.131 e. The molecule has 0 unspecified atom stereocenters. The van der Waals surface area contributed by atoms with Crippen LogP contribution in [0.25, 0.3) is 0 Å². The van der Waals surface area contributed by atoms with Gasteiger partial charge in [-0.15, -0.1) is 0 Å². The van der Waals surface area contributed by atoms with Gasteiger partial charge in [-0.05, 0) is 24.8 Å². The van der Waals surface area contributed by atoms with Crippen molar-refractivity contribution < 1.29 is 9.50 Å². The second-order valence-corrected chi connectivity index (χ2v) is 5.27. The van der Waals surface area contributed by atoms with Gasteiger partial charge in [-0.1, -0.05) is 6.07 Å². The fourth-order valence-corrected chi connectivity index (χ4v) is 2.88. The molecule has 0 spiro atoms. The minimum Gasteiger partial charge on any atom is -0.508 e. The van der Waals surface area contributed by atoms with E-state index in [1.807, 2.05) is 0 Å². The normalized spacial score (nSPS) is 22.9. The van der Waals surface area contributed by atoms with Crippen LogP contribution in [0.3, 0.4) is 0 Å². The smallest absolute Gasteiger partial charge is 0.131 e. The van der Waals surface area contributed by atoms with E-state index in [0.29, 0.717) is 5.92 Å². The average Bonchev–Trinajstić information content (AvgIpc) is 3.18. The summed E-state index contributed by atoms with van der Waals surface area (Å²) in [4.78, 5) is 2.38. The van der Waals surface area contributed by atoms with Crippen LogP contribution in [-0.4, -0.2) is 36.2 Å². The molecule has 2 aliphatic rings. The fourth-order valence-electron chi connectivity index (χ4n) is 2.88. The number of phenols is 1. The number of nitrogens with zero attached hydrogens (tertiary/aromatic N) is 1. The topological polar surface area (TPSA) is 35.5 Å². The summed E-state index contributed by atoms with van der Waals surface area (Å²) in [7, 11) is 0. The molecule has 1 aromatic rings. The van der Waals surface area contributed by atoms with Gasteiger partial charge in [-0.3, -0.25) is 4.90 Å². The Kier molecular flexibility index (Phi) is 3.22. The Hall–Kier alpha value is -1.13. The molecule has 3 nitrogen and oxygen atoms in total. The SMILES string of the molecule is Oc1ccc([C@H](C2CC2)N2CCNCC2)c(F)c1. The van der Waals surface area contributed by atoms with Crippen molar-refractivity contribution in [3.8, 4) is 5.75 Å². The molecule has 0 bridgehead atoms. The number of phenolic OH excluding ortho intramolecular Hbond substituents is 1. The van der Waals surface area contributed by atoms with Crippen LogP contribution < -0.4 is 5.32 Å². The molecule has 1 atom stereocenters. The number of aromatic hydroxyl groups is 1. The molecular formula is C14H19FN2O. The van der Waals surface area contributed by atoms with Crippen LogP contribution in [0.15, 0.2) is 18.2 Å². The van der Waals surface area contributed by atoms with Crippen LogP contribution in [0, 0.1) is 11.7 Å². The van der Waals surface area contributed by atoms with Gasteiger partial charge in [0.15, 0.2) is 0 Å². The minimum absolute atomic E-state index is 0.00566. The van der Waals surface area contributed by atoms with Gasteiger partial charge in [0, 0.05) is 43.9 Å². The molecule has 0 radical (unpaired) electrons. The van der Waals surface area contributed by atoms with Gasteiger partial charge in [0.2, 0.25) is 0 Å². The van der Waals surface area contributed by atoms with Crippen molar-refractivity contribution in [3.05, 3.63) is 29.6 Å². The van der Waals surface area contributed by atoms with Crippen LogP contribution in [0.1, 0.15) is 24.4 Å². The van der Waals surface area contributed by atoms with E-state index in [4.69, 9.17) is 0 Å². The predicted octanol–water partition coefficient (Wildman–Crippen LogP) is 1.89. The highest BCUT2D eigenvalue weighted by atomic mass is 19.1. The third kappa shape index (κ3) is 2.35. The summed E-state index contributed by atoms with van der Waals surface area (Å²) in [6, 6.07) is 4.76. The maximum atomic E-state index is 14.0. The number of hydrogen-bond donors (Lipinski definition) is 2. The third-order valence-electron chi connectivity index (χ3n) is 3.92. The second kappa shape index (κ2) is 4.86. The molecule has 1 aliphatic heterocycles. The van der Waals surface area contributed by atoms with Gasteiger partial charge in [0.05, 0.1) is 0 Å². The lowest BCUT2D eigenvalue weighted by Crippen LogP contribution is -2.45. The highest BCUT2D eigenvalue weighted by Gasteiger charge is 2.38. The lowest BCUT2D eigenvalue weighted by molar-refractivity contribution is 0.153. The summed E-state index contributed by atoms with van der Waals surface area (Å²) in [5.41, 5.74) is 0.747. The predicted molar refractivity (Wildman–Crippen MR) is 68.0 cm³/mol. The molecule has 0 aromatic heterocycles. The summed E-state index contributed by atoms with van der Waals surface area (Å²) in [5.74, 6) is 0.318. The molecular weight excluding hydrogens is 231 g/mol. The molecule has 18 heavy (non-hydrogen) atoms. The van der Waals surface area contributed by atoms with Gasteiger partial charge in [-0.25, -0.2) is 4.39 Å². The van der Waals surface area contributed by atoms with Crippen LogP contribution in [0.2, 0.25) is 0 Å². The molecule has 1 aliphatic carbocycles. The molecule has 1 aromatic carbocycles. The van der Waals surface area contributed by atoms with E-state index >= 15 is 0 Å². The van der Waals surface area contributed by atoms with Gasteiger partial charge in [0.1, 0.15) is 11.6 Å². The van der Waals surface area contributed by atoms with Crippen molar-refractivity contribution >= 4 is 0 Å². The quantitative estimate of drug-likeness (QED) is 0.860.